The lowest BCUT2D eigenvalue weighted by Crippen LogP contribution is -2.51. The lowest BCUT2D eigenvalue weighted by molar-refractivity contribution is -0.157. The molecule has 2 fully saturated rings. The smallest absolute Gasteiger partial charge is 0.394 e. The number of hydrogen-bond donors (Lipinski definition) is 1. The molecule has 1 aromatic rings. The quantitative estimate of drug-likeness (QED) is 0.856. The second-order valence-corrected chi connectivity index (χ2v) is 7.31. The van der Waals surface area contributed by atoms with Crippen LogP contribution >= 0.6 is 0 Å². The van der Waals surface area contributed by atoms with Crippen molar-refractivity contribution < 1.29 is 14.7 Å². The number of benzene rings is 1. The van der Waals surface area contributed by atoms with Crippen molar-refractivity contribution in [1.29, 1.82) is 0 Å². The van der Waals surface area contributed by atoms with Crippen LogP contribution in [0.15, 0.2) is 24.3 Å². The Bertz CT molecular complexity index is 600. The van der Waals surface area contributed by atoms with Gasteiger partial charge in [-0.3, -0.25) is 9.69 Å². The molecule has 5 heteroatoms. The lowest BCUT2D eigenvalue weighted by atomic mass is 9.83. The van der Waals surface area contributed by atoms with E-state index in [0.29, 0.717) is 26.2 Å². The van der Waals surface area contributed by atoms with E-state index in [2.05, 4.69) is 36.1 Å². The summed E-state index contributed by atoms with van der Waals surface area (Å²) < 4.78 is 0. The minimum absolute atomic E-state index is 0.280. The number of carbonyl (C=O) groups is 2. The predicted molar refractivity (Wildman–Crippen MR) is 96.5 cm³/mol. The van der Waals surface area contributed by atoms with Crippen molar-refractivity contribution in [3.8, 4) is 0 Å². The van der Waals surface area contributed by atoms with Crippen molar-refractivity contribution in [1.82, 2.24) is 9.80 Å². The van der Waals surface area contributed by atoms with Crippen LogP contribution in [0.1, 0.15) is 62.1 Å². The van der Waals surface area contributed by atoms with E-state index in [1.165, 1.54) is 48.1 Å². The zero-order chi connectivity index (χ0) is 17.8. The van der Waals surface area contributed by atoms with Gasteiger partial charge in [0.15, 0.2) is 0 Å². The van der Waals surface area contributed by atoms with Crippen molar-refractivity contribution in [3.05, 3.63) is 35.4 Å². The number of carboxylic acid groups (broad SMARTS) is 1. The maximum atomic E-state index is 11.5. The van der Waals surface area contributed by atoms with Crippen LogP contribution in [0.25, 0.3) is 0 Å². The number of rotatable bonds is 3. The fourth-order valence-electron chi connectivity index (χ4n) is 4.14. The van der Waals surface area contributed by atoms with Gasteiger partial charge in [0.2, 0.25) is 0 Å². The van der Waals surface area contributed by atoms with Gasteiger partial charge in [-0.05, 0) is 36.8 Å². The topological polar surface area (TPSA) is 60.9 Å². The summed E-state index contributed by atoms with van der Waals surface area (Å²) in [7, 11) is 0. The van der Waals surface area contributed by atoms with Gasteiger partial charge in [-0.25, -0.2) is 4.79 Å². The molecule has 1 saturated carbocycles. The Labute approximate surface area is 149 Å². The van der Waals surface area contributed by atoms with Crippen LogP contribution in [-0.4, -0.2) is 53.0 Å². The molecule has 1 atom stereocenters. The standard InChI is InChI=1S/C20H28N2O3/c1-15(21-11-13-22(14-12-21)19(23)20(24)25)16-7-9-18(10-8-16)17-5-3-2-4-6-17/h7-10,15,17H,2-6,11-14H2,1H3,(H,24,25). The molecule has 1 aliphatic carbocycles. The number of hydrogen-bond acceptors (Lipinski definition) is 3. The van der Waals surface area contributed by atoms with E-state index < -0.39 is 11.9 Å². The number of aliphatic carboxylic acids is 1. The number of carboxylic acids is 1. The molecule has 25 heavy (non-hydrogen) atoms. The highest BCUT2D eigenvalue weighted by atomic mass is 16.4. The summed E-state index contributed by atoms with van der Waals surface area (Å²) in [6.07, 6.45) is 6.70. The Morgan fingerprint density at radius 1 is 1.00 bits per heavy atom. The monoisotopic (exact) mass is 344 g/mol. The Morgan fingerprint density at radius 3 is 2.16 bits per heavy atom. The number of nitrogens with zero attached hydrogens (tertiary/aromatic N) is 2. The van der Waals surface area contributed by atoms with E-state index in [0.717, 1.165) is 5.92 Å². The van der Waals surface area contributed by atoms with Gasteiger partial charge in [-0.1, -0.05) is 43.5 Å². The lowest BCUT2D eigenvalue weighted by Gasteiger charge is -2.37. The second-order valence-electron chi connectivity index (χ2n) is 7.31. The summed E-state index contributed by atoms with van der Waals surface area (Å²) in [4.78, 5) is 26.1. The molecule has 3 rings (SSSR count). The summed E-state index contributed by atoms with van der Waals surface area (Å²) in [5, 5.41) is 8.82. The molecule has 0 radical (unpaired) electrons. The van der Waals surface area contributed by atoms with Crippen LogP contribution in [0, 0.1) is 0 Å². The highest BCUT2D eigenvalue weighted by Crippen LogP contribution is 2.33. The minimum Gasteiger partial charge on any atom is -0.474 e. The third-order valence-electron chi connectivity index (χ3n) is 5.83. The van der Waals surface area contributed by atoms with E-state index in [1.54, 1.807) is 0 Å². The van der Waals surface area contributed by atoms with Crippen molar-refractivity contribution in [3.63, 3.8) is 0 Å². The van der Waals surface area contributed by atoms with Crippen molar-refractivity contribution >= 4 is 11.9 Å². The van der Waals surface area contributed by atoms with Gasteiger partial charge in [-0.15, -0.1) is 0 Å². The average molecular weight is 344 g/mol. The molecule has 0 aromatic heterocycles. The van der Waals surface area contributed by atoms with E-state index >= 15 is 0 Å². The average Bonchev–Trinajstić information content (AvgIpc) is 2.67. The van der Waals surface area contributed by atoms with Crippen LogP contribution in [0.5, 0.6) is 0 Å². The first-order chi connectivity index (χ1) is 12.1. The van der Waals surface area contributed by atoms with Gasteiger partial charge < -0.3 is 10.0 Å². The molecular weight excluding hydrogens is 316 g/mol. The molecule has 5 nitrogen and oxygen atoms in total. The highest BCUT2D eigenvalue weighted by molar-refractivity contribution is 6.31. The minimum atomic E-state index is -1.36. The first-order valence-corrected chi connectivity index (χ1v) is 9.42. The molecule has 1 N–H and O–H groups in total. The molecule has 0 bridgehead atoms. The zero-order valence-corrected chi connectivity index (χ0v) is 15.0. The third-order valence-corrected chi connectivity index (χ3v) is 5.83. The summed E-state index contributed by atoms with van der Waals surface area (Å²) in [5.74, 6) is -1.42. The molecular formula is C20H28N2O3. The summed E-state index contributed by atoms with van der Waals surface area (Å²) in [6.45, 7) is 4.57. The summed E-state index contributed by atoms with van der Waals surface area (Å²) >= 11 is 0. The maximum Gasteiger partial charge on any atom is 0.394 e. The second kappa shape index (κ2) is 8.00. The van der Waals surface area contributed by atoms with Gasteiger partial charge in [-0.2, -0.15) is 0 Å². The fraction of sp³-hybridized carbons (Fsp3) is 0.600. The predicted octanol–water partition coefficient (Wildman–Crippen LogP) is 3.02. The largest absolute Gasteiger partial charge is 0.474 e. The van der Waals surface area contributed by atoms with Crippen LogP contribution in [0.2, 0.25) is 0 Å². The fourth-order valence-corrected chi connectivity index (χ4v) is 4.14. The molecule has 0 spiro atoms. The number of piperazine rings is 1. The molecule has 1 aliphatic heterocycles. The summed E-state index contributed by atoms with van der Waals surface area (Å²) in [6, 6.07) is 9.33. The summed E-state index contributed by atoms with van der Waals surface area (Å²) in [5.41, 5.74) is 2.75. The van der Waals surface area contributed by atoms with Gasteiger partial charge in [0.1, 0.15) is 0 Å². The van der Waals surface area contributed by atoms with E-state index in [1.807, 2.05) is 0 Å². The van der Waals surface area contributed by atoms with Gasteiger partial charge in [0.25, 0.3) is 0 Å². The van der Waals surface area contributed by atoms with Crippen molar-refractivity contribution in [2.24, 2.45) is 0 Å². The van der Waals surface area contributed by atoms with Gasteiger partial charge in [0.05, 0.1) is 0 Å². The first kappa shape index (κ1) is 17.9. The SMILES string of the molecule is CC(c1ccc(C2CCCCC2)cc1)N1CCN(C(=O)C(=O)O)CC1. The van der Waals surface area contributed by atoms with Crippen LogP contribution < -0.4 is 0 Å². The van der Waals surface area contributed by atoms with E-state index in [4.69, 9.17) is 5.11 Å². The van der Waals surface area contributed by atoms with E-state index in [-0.39, 0.29) is 6.04 Å². The van der Waals surface area contributed by atoms with Crippen LogP contribution in [-0.2, 0) is 9.59 Å². The molecule has 1 saturated heterocycles. The highest BCUT2D eigenvalue weighted by Gasteiger charge is 2.27. The maximum absolute atomic E-state index is 11.5. The normalized spacial score (nSPS) is 21.1. The molecule has 136 valence electrons. The molecule has 1 heterocycles. The Hall–Kier alpha value is -1.88. The third kappa shape index (κ3) is 4.21. The number of amides is 1. The van der Waals surface area contributed by atoms with Crippen LogP contribution in [0.3, 0.4) is 0 Å². The Balaban J connectivity index is 1.57. The molecule has 2 aliphatic rings. The Kier molecular flexibility index (Phi) is 5.74. The Morgan fingerprint density at radius 2 is 1.60 bits per heavy atom. The van der Waals surface area contributed by atoms with Crippen molar-refractivity contribution in [2.45, 2.75) is 51.0 Å². The molecule has 1 aromatic carbocycles. The van der Waals surface area contributed by atoms with Gasteiger partial charge in [0, 0.05) is 32.2 Å². The molecule has 1 amide bonds. The molecule has 1 unspecified atom stereocenters. The van der Waals surface area contributed by atoms with Gasteiger partial charge >= 0.3 is 11.9 Å². The van der Waals surface area contributed by atoms with E-state index in [9.17, 15) is 9.59 Å². The number of carbonyl (C=O) groups excluding carboxylic acids is 1. The first-order valence-electron chi connectivity index (χ1n) is 9.42. The van der Waals surface area contributed by atoms with Crippen molar-refractivity contribution in [2.75, 3.05) is 26.2 Å². The van der Waals surface area contributed by atoms with Crippen LogP contribution in [0.4, 0.5) is 0 Å². The zero-order valence-electron chi connectivity index (χ0n) is 15.0.